The molecule has 0 unspecified atom stereocenters. The van der Waals surface area contributed by atoms with Crippen molar-refractivity contribution in [3.8, 4) is 5.75 Å². The first-order chi connectivity index (χ1) is 14.3. The van der Waals surface area contributed by atoms with Gasteiger partial charge in [0.1, 0.15) is 35.3 Å². The number of fused-ring (bicyclic) bond motifs is 1. The summed E-state index contributed by atoms with van der Waals surface area (Å²) < 4.78 is 20.1. The topological polar surface area (TPSA) is 91.9 Å². The fraction of sp³-hybridized carbons (Fsp3) is 0.400. The molecule has 2 aromatic rings. The van der Waals surface area contributed by atoms with Gasteiger partial charge in [0.05, 0.1) is 10.0 Å². The molecular formula is C20H21Cl2FN4O3. The van der Waals surface area contributed by atoms with E-state index in [1.54, 1.807) is 6.07 Å². The summed E-state index contributed by atoms with van der Waals surface area (Å²) in [6.45, 7) is 1.13. The highest BCUT2D eigenvalue weighted by molar-refractivity contribution is 6.36. The van der Waals surface area contributed by atoms with Crippen LogP contribution in [-0.2, 0) is 11.2 Å². The summed E-state index contributed by atoms with van der Waals surface area (Å²) in [6.07, 6.45) is 2.94. The highest BCUT2D eigenvalue weighted by atomic mass is 35.5. The number of piperidine rings is 1. The van der Waals surface area contributed by atoms with Gasteiger partial charge < -0.3 is 14.7 Å². The summed E-state index contributed by atoms with van der Waals surface area (Å²) in [5.74, 6) is 5.85. The van der Waals surface area contributed by atoms with E-state index in [4.69, 9.17) is 33.8 Å². The number of hydrogen-bond acceptors (Lipinski definition) is 6. The van der Waals surface area contributed by atoms with Gasteiger partial charge in [-0.1, -0.05) is 23.2 Å². The van der Waals surface area contributed by atoms with Crippen LogP contribution in [0, 0.1) is 5.82 Å². The molecule has 0 radical (unpaired) electrons. The first-order valence-corrected chi connectivity index (χ1v) is 10.3. The molecule has 160 valence electrons. The van der Waals surface area contributed by atoms with Gasteiger partial charge in [0.2, 0.25) is 5.91 Å². The normalized spacial score (nSPS) is 18.4. The second-order valence-corrected chi connectivity index (χ2v) is 8.44. The largest absolute Gasteiger partial charge is 0.490 e. The van der Waals surface area contributed by atoms with Gasteiger partial charge in [0.25, 0.3) is 0 Å². The Hall–Kier alpha value is -2.13. The third-order valence-electron chi connectivity index (χ3n) is 5.57. The van der Waals surface area contributed by atoms with Crippen molar-refractivity contribution in [2.45, 2.75) is 31.3 Å². The Morgan fingerprint density at radius 3 is 2.70 bits per heavy atom. The van der Waals surface area contributed by atoms with E-state index in [0.29, 0.717) is 59.5 Å². The van der Waals surface area contributed by atoms with E-state index in [9.17, 15) is 14.3 Å². The van der Waals surface area contributed by atoms with Crippen molar-refractivity contribution in [1.82, 2.24) is 4.98 Å². The number of amides is 1. The molecule has 1 fully saturated rings. The number of rotatable bonds is 4. The molecule has 0 atom stereocenters. The SMILES string of the molecule is NN1C(=O)CCc2c(OCC3(O)CCN(c4ncc(Cl)cc4Cl)CC3)ccc(F)c21. The van der Waals surface area contributed by atoms with E-state index in [1.165, 1.54) is 18.3 Å². The molecule has 1 aromatic heterocycles. The molecule has 0 saturated carbocycles. The number of benzene rings is 1. The van der Waals surface area contributed by atoms with E-state index in [1.807, 2.05) is 4.90 Å². The Bertz CT molecular complexity index is 983. The molecule has 2 aliphatic heterocycles. The number of nitrogens with zero attached hydrogens (tertiary/aromatic N) is 3. The number of pyridine rings is 1. The molecule has 3 heterocycles. The highest BCUT2D eigenvalue weighted by Gasteiger charge is 2.35. The number of halogens is 3. The third-order valence-corrected chi connectivity index (χ3v) is 6.05. The molecule has 1 aromatic carbocycles. The van der Waals surface area contributed by atoms with Crippen molar-refractivity contribution in [2.24, 2.45) is 5.84 Å². The lowest BCUT2D eigenvalue weighted by Crippen LogP contribution is -2.48. The maximum absolute atomic E-state index is 14.2. The van der Waals surface area contributed by atoms with Crippen LogP contribution >= 0.6 is 23.2 Å². The molecule has 0 spiro atoms. The van der Waals surface area contributed by atoms with Crippen LogP contribution in [0.2, 0.25) is 10.0 Å². The Balaban J connectivity index is 1.43. The predicted molar refractivity (Wildman–Crippen MR) is 113 cm³/mol. The number of aromatic nitrogens is 1. The first kappa shape index (κ1) is 21.1. The molecule has 7 nitrogen and oxygen atoms in total. The standard InChI is InChI=1S/C20H21Cl2FN4O3/c21-12-9-14(22)19(25-10-12)26-7-5-20(29,6-8-26)11-30-16-3-2-15(23)18-13(16)1-4-17(28)27(18)24/h2-3,9-10,29H,1,4-8,11,24H2. The summed E-state index contributed by atoms with van der Waals surface area (Å²) in [4.78, 5) is 18.1. The molecular weight excluding hydrogens is 434 g/mol. The lowest BCUT2D eigenvalue weighted by atomic mass is 9.92. The minimum Gasteiger partial charge on any atom is -0.490 e. The molecule has 0 bridgehead atoms. The van der Waals surface area contributed by atoms with E-state index >= 15 is 0 Å². The number of ether oxygens (including phenoxy) is 1. The van der Waals surface area contributed by atoms with Crippen molar-refractivity contribution < 1.29 is 19.0 Å². The van der Waals surface area contributed by atoms with Gasteiger partial charge in [-0.25, -0.2) is 20.2 Å². The molecule has 30 heavy (non-hydrogen) atoms. The smallest absolute Gasteiger partial charge is 0.241 e. The fourth-order valence-electron chi connectivity index (χ4n) is 3.83. The van der Waals surface area contributed by atoms with Crippen LogP contribution in [0.4, 0.5) is 15.9 Å². The van der Waals surface area contributed by atoms with Gasteiger partial charge in [0.15, 0.2) is 0 Å². The zero-order valence-corrected chi connectivity index (χ0v) is 17.6. The van der Waals surface area contributed by atoms with E-state index < -0.39 is 11.4 Å². The Labute approximate surface area is 183 Å². The van der Waals surface area contributed by atoms with Crippen molar-refractivity contribution in [2.75, 3.05) is 29.6 Å². The zero-order valence-electron chi connectivity index (χ0n) is 16.1. The first-order valence-electron chi connectivity index (χ1n) is 9.58. The van der Waals surface area contributed by atoms with Gasteiger partial charge in [0, 0.05) is 31.3 Å². The number of aliphatic hydroxyl groups is 1. The van der Waals surface area contributed by atoms with Gasteiger partial charge >= 0.3 is 0 Å². The molecule has 3 N–H and O–H groups in total. The average Bonchev–Trinajstić information content (AvgIpc) is 2.71. The molecule has 1 saturated heterocycles. The van der Waals surface area contributed by atoms with Crippen molar-refractivity contribution in [1.29, 1.82) is 0 Å². The summed E-state index contributed by atoms with van der Waals surface area (Å²) in [7, 11) is 0. The van der Waals surface area contributed by atoms with Crippen LogP contribution in [0.1, 0.15) is 24.8 Å². The maximum atomic E-state index is 14.2. The van der Waals surface area contributed by atoms with Gasteiger partial charge in [-0.15, -0.1) is 0 Å². The van der Waals surface area contributed by atoms with Gasteiger partial charge in [-0.3, -0.25) is 4.79 Å². The van der Waals surface area contributed by atoms with Crippen LogP contribution in [-0.4, -0.2) is 41.3 Å². The predicted octanol–water partition coefficient (Wildman–Crippen LogP) is 3.09. The summed E-state index contributed by atoms with van der Waals surface area (Å²) in [5, 5.41) is 12.7. The molecule has 4 rings (SSSR count). The summed E-state index contributed by atoms with van der Waals surface area (Å²) >= 11 is 12.1. The fourth-order valence-corrected chi connectivity index (χ4v) is 4.33. The Kier molecular flexibility index (Phi) is 5.76. The second kappa shape index (κ2) is 8.19. The monoisotopic (exact) mass is 454 g/mol. The second-order valence-electron chi connectivity index (χ2n) is 7.60. The van der Waals surface area contributed by atoms with E-state index in [-0.39, 0.29) is 24.6 Å². The number of hydrogen-bond donors (Lipinski definition) is 2. The number of hydrazine groups is 1. The van der Waals surface area contributed by atoms with Crippen molar-refractivity contribution >= 4 is 40.6 Å². The van der Waals surface area contributed by atoms with Gasteiger partial charge in [-0.2, -0.15) is 0 Å². The van der Waals surface area contributed by atoms with Crippen molar-refractivity contribution in [3.05, 3.63) is 45.8 Å². The molecule has 2 aliphatic rings. The summed E-state index contributed by atoms with van der Waals surface area (Å²) in [5.41, 5.74) is -0.479. The lowest BCUT2D eigenvalue weighted by molar-refractivity contribution is -0.119. The Morgan fingerprint density at radius 1 is 1.27 bits per heavy atom. The van der Waals surface area contributed by atoms with Crippen LogP contribution in [0.5, 0.6) is 5.75 Å². The maximum Gasteiger partial charge on any atom is 0.241 e. The van der Waals surface area contributed by atoms with Crippen LogP contribution in [0.25, 0.3) is 0 Å². The Morgan fingerprint density at radius 2 is 2.00 bits per heavy atom. The van der Waals surface area contributed by atoms with Gasteiger partial charge in [-0.05, 0) is 37.5 Å². The minimum absolute atomic E-state index is 0.0361. The van der Waals surface area contributed by atoms with Crippen LogP contribution in [0.15, 0.2) is 24.4 Å². The van der Waals surface area contributed by atoms with Crippen molar-refractivity contribution in [3.63, 3.8) is 0 Å². The highest BCUT2D eigenvalue weighted by Crippen LogP contribution is 2.37. The molecule has 0 aliphatic carbocycles. The summed E-state index contributed by atoms with van der Waals surface area (Å²) in [6, 6.07) is 4.36. The average molecular weight is 455 g/mol. The van der Waals surface area contributed by atoms with Crippen LogP contribution < -0.4 is 20.5 Å². The number of carbonyl (C=O) groups is 1. The number of carbonyl (C=O) groups excluding carboxylic acids is 1. The molecule has 1 amide bonds. The lowest BCUT2D eigenvalue weighted by Gasteiger charge is -2.39. The quantitative estimate of drug-likeness (QED) is 0.544. The minimum atomic E-state index is -1.05. The molecule has 10 heteroatoms. The third kappa shape index (κ3) is 4.05. The van der Waals surface area contributed by atoms with Crippen LogP contribution in [0.3, 0.4) is 0 Å². The van der Waals surface area contributed by atoms with E-state index in [2.05, 4.69) is 4.98 Å². The van der Waals surface area contributed by atoms with E-state index in [0.717, 1.165) is 5.01 Å². The zero-order chi connectivity index (χ0) is 21.5. The number of anilines is 2. The number of nitrogens with two attached hydrogens (primary N) is 1.